The van der Waals surface area contributed by atoms with Crippen LogP contribution < -0.4 is 5.32 Å². The Morgan fingerprint density at radius 2 is 2.21 bits per heavy atom. The number of pyridine rings is 1. The lowest BCUT2D eigenvalue weighted by atomic mass is 9.85. The molecule has 1 N–H and O–H groups in total. The van der Waals surface area contributed by atoms with Crippen molar-refractivity contribution in [3.05, 3.63) is 36.4 Å². The molecule has 1 aliphatic carbocycles. The number of nitrogens with one attached hydrogen (secondary N) is 1. The molecule has 8 nitrogen and oxygen atoms in total. The topological polar surface area (TPSA) is 98.7 Å². The van der Waals surface area contributed by atoms with E-state index >= 15 is 0 Å². The summed E-state index contributed by atoms with van der Waals surface area (Å²) in [6, 6.07) is 5.90. The third-order valence-corrected chi connectivity index (χ3v) is 6.15. The van der Waals surface area contributed by atoms with Gasteiger partial charge in [-0.1, -0.05) is 36.7 Å². The lowest BCUT2D eigenvalue weighted by molar-refractivity contribution is -0.113. The van der Waals surface area contributed by atoms with Crippen molar-refractivity contribution in [1.82, 2.24) is 24.9 Å². The summed E-state index contributed by atoms with van der Waals surface area (Å²) in [6.45, 7) is 4.07. The second-order valence-corrected chi connectivity index (χ2v) is 8.35. The first kappa shape index (κ1) is 19.6. The Labute approximate surface area is 173 Å². The summed E-state index contributed by atoms with van der Waals surface area (Å²) < 4.78 is 7.19. The van der Waals surface area contributed by atoms with Crippen LogP contribution in [-0.2, 0) is 4.79 Å². The van der Waals surface area contributed by atoms with Crippen molar-refractivity contribution in [2.75, 3.05) is 11.1 Å². The molecule has 3 aromatic heterocycles. The minimum Gasteiger partial charge on any atom is -0.360 e. The van der Waals surface area contributed by atoms with Crippen molar-refractivity contribution in [3.63, 3.8) is 0 Å². The number of hydrogen-bond donors (Lipinski definition) is 1. The number of hydrogen-bond acceptors (Lipinski definition) is 7. The SMILES string of the molecule is Cc1cc(NC(=O)CSc2nnc(-c3cccnc3)n2[C@H]2CCCC[C@@H]2C)no1. The van der Waals surface area contributed by atoms with Crippen molar-refractivity contribution in [3.8, 4) is 11.4 Å². The van der Waals surface area contributed by atoms with E-state index in [1.807, 2.05) is 18.3 Å². The van der Waals surface area contributed by atoms with Crippen molar-refractivity contribution < 1.29 is 9.32 Å². The zero-order valence-corrected chi connectivity index (χ0v) is 17.4. The largest absolute Gasteiger partial charge is 0.360 e. The molecule has 0 unspecified atom stereocenters. The lowest BCUT2D eigenvalue weighted by Crippen LogP contribution is -2.23. The van der Waals surface area contributed by atoms with Gasteiger partial charge in [-0.15, -0.1) is 10.2 Å². The fourth-order valence-corrected chi connectivity index (χ4v) is 4.57. The Kier molecular flexibility index (Phi) is 5.94. The summed E-state index contributed by atoms with van der Waals surface area (Å²) in [5.74, 6) is 2.48. The average molecular weight is 413 g/mol. The van der Waals surface area contributed by atoms with Gasteiger partial charge in [-0.2, -0.15) is 0 Å². The number of nitrogens with zero attached hydrogens (tertiary/aromatic N) is 5. The molecule has 2 atom stereocenters. The summed E-state index contributed by atoms with van der Waals surface area (Å²) in [5, 5.41) is 16.2. The summed E-state index contributed by atoms with van der Waals surface area (Å²) in [6.07, 6.45) is 8.27. The molecule has 1 aliphatic rings. The number of carbonyl (C=O) groups is 1. The Bertz CT molecular complexity index is 971. The van der Waals surface area contributed by atoms with Gasteiger partial charge in [-0.05, 0) is 37.8 Å². The summed E-state index contributed by atoms with van der Waals surface area (Å²) >= 11 is 1.39. The van der Waals surface area contributed by atoms with E-state index in [0.29, 0.717) is 23.5 Å². The lowest BCUT2D eigenvalue weighted by Gasteiger charge is -2.31. The number of aryl methyl sites for hydroxylation is 1. The van der Waals surface area contributed by atoms with Crippen molar-refractivity contribution >= 4 is 23.5 Å². The summed E-state index contributed by atoms with van der Waals surface area (Å²) in [7, 11) is 0. The smallest absolute Gasteiger partial charge is 0.236 e. The Morgan fingerprint density at radius 1 is 1.34 bits per heavy atom. The molecule has 0 saturated heterocycles. The first-order valence-electron chi connectivity index (χ1n) is 9.83. The molecule has 29 heavy (non-hydrogen) atoms. The van der Waals surface area contributed by atoms with E-state index in [1.165, 1.54) is 31.0 Å². The van der Waals surface area contributed by atoms with Gasteiger partial charge < -0.3 is 9.84 Å². The monoisotopic (exact) mass is 412 g/mol. The number of anilines is 1. The third kappa shape index (κ3) is 4.50. The van der Waals surface area contributed by atoms with E-state index in [4.69, 9.17) is 4.52 Å². The van der Waals surface area contributed by atoms with Crippen LogP contribution in [0.15, 0.2) is 40.3 Å². The normalized spacial score (nSPS) is 19.2. The second-order valence-electron chi connectivity index (χ2n) is 7.41. The van der Waals surface area contributed by atoms with Crippen LogP contribution in [0.2, 0.25) is 0 Å². The molecule has 0 aromatic carbocycles. The Balaban J connectivity index is 1.56. The van der Waals surface area contributed by atoms with Gasteiger partial charge in [0.15, 0.2) is 16.8 Å². The molecule has 1 fully saturated rings. The number of rotatable bonds is 6. The number of amides is 1. The quantitative estimate of drug-likeness (QED) is 0.608. The van der Waals surface area contributed by atoms with Gasteiger partial charge in [0, 0.05) is 30.1 Å². The maximum Gasteiger partial charge on any atom is 0.236 e. The van der Waals surface area contributed by atoms with Crippen LogP contribution in [0.4, 0.5) is 5.82 Å². The van der Waals surface area contributed by atoms with E-state index in [0.717, 1.165) is 23.0 Å². The second kappa shape index (κ2) is 8.77. The van der Waals surface area contributed by atoms with Crippen molar-refractivity contribution in [1.29, 1.82) is 0 Å². The summed E-state index contributed by atoms with van der Waals surface area (Å²) in [5.41, 5.74) is 0.937. The standard InChI is InChI=1S/C20H24N6O2S/c1-13-6-3-4-8-16(13)26-19(15-7-5-9-21-11-15)23-24-20(26)29-12-18(27)22-17-10-14(2)28-25-17/h5,7,9-11,13,16H,3-4,6,8,12H2,1-2H3,(H,22,25,27)/t13-,16-/m0/s1. The van der Waals surface area contributed by atoms with E-state index in [1.54, 1.807) is 19.2 Å². The van der Waals surface area contributed by atoms with Gasteiger partial charge in [0.25, 0.3) is 0 Å². The van der Waals surface area contributed by atoms with Crippen LogP contribution in [0, 0.1) is 12.8 Å². The molecule has 3 aromatic rings. The maximum atomic E-state index is 12.3. The number of carbonyl (C=O) groups excluding carboxylic acids is 1. The Morgan fingerprint density at radius 3 is 2.93 bits per heavy atom. The minimum atomic E-state index is -0.155. The molecule has 1 saturated carbocycles. The van der Waals surface area contributed by atoms with Crippen LogP contribution >= 0.6 is 11.8 Å². The molecule has 0 spiro atoms. The molecule has 9 heteroatoms. The minimum absolute atomic E-state index is 0.155. The fourth-order valence-electron chi connectivity index (χ4n) is 3.78. The highest BCUT2D eigenvalue weighted by Gasteiger charge is 2.29. The number of thioether (sulfide) groups is 1. The molecule has 0 radical (unpaired) electrons. The van der Waals surface area contributed by atoms with E-state index < -0.39 is 0 Å². The van der Waals surface area contributed by atoms with E-state index in [-0.39, 0.29) is 11.7 Å². The zero-order valence-electron chi connectivity index (χ0n) is 16.5. The molecule has 152 valence electrons. The highest BCUT2D eigenvalue weighted by Crippen LogP contribution is 2.38. The maximum absolute atomic E-state index is 12.3. The molecular weight excluding hydrogens is 388 g/mol. The van der Waals surface area contributed by atoms with Crippen LogP contribution in [0.1, 0.15) is 44.4 Å². The van der Waals surface area contributed by atoms with Gasteiger partial charge in [0.2, 0.25) is 5.91 Å². The molecular formula is C20H24N6O2S. The first-order valence-corrected chi connectivity index (χ1v) is 10.8. The Hall–Kier alpha value is -2.68. The first-order chi connectivity index (χ1) is 14.1. The zero-order chi connectivity index (χ0) is 20.2. The van der Waals surface area contributed by atoms with Gasteiger partial charge in [-0.3, -0.25) is 14.3 Å². The van der Waals surface area contributed by atoms with Gasteiger partial charge >= 0.3 is 0 Å². The number of aromatic nitrogens is 5. The van der Waals surface area contributed by atoms with Gasteiger partial charge in [0.1, 0.15) is 5.76 Å². The van der Waals surface area contributed by atoms with Crippen LogP contribution in [0.25, 0.3) is 11.4 Å². The molecule has 4 rings (SSSR count). The highest BCUT2D eigenvalue weighted by molar-refractivity contribution is 7.99. The molecule has 0 bridgehead atoms. The van der Waals surface area contributed by atoms with Gasteiger partial charge in [0.05, 0.1) is 5.75 Å². The van der Waals surface area contributed by atoms with Crippen LogP contribution in [-0.4, -0.2) is 36.6 Å². The van der Waals surface area contributed by atoms with Crippen molar-refractivity contribution in [2.45, 2.75) is 50.7 Å². The van der Waals surface area contributed by atoms with Crippen molar-refractivity contribution in [2.24, 2.45) is 5.92 Å². The van der Waals surface area contributed by atoms with E-state index in [2.05, 4.69) is 37.1 Å². The predicted molar refractivity (Wildman–Crippen MR) is 111 cm³/mol. The van der Waals surface area contributed by atoms with Crippen LogP contribution in [0.3, 0.4) is 0 Å². The third-order valence-electron chi connectivity index (χ3n) is 5.21. The highest BCUT2D eigenvalue weighted by atomic mass is 32.2. The predicted octanol–water partition coefficient (Wildman–Crippen LogP) is 4.12. The van der Waals surface area contributed by atoms with Gasteiger partial charge in [-0.25, -0.2) is 0 Å². The molecule has 0 aliphatic heterocycles. The fraction of sp³-hybridized carbons (Fsp3) is 0.450. The molecule has 1 amide bonds. The molecule has 3 heterocycles. The average Bonchev–Trinajstić information content (AvgIpc) is 3.33. The van der Waals surface area contributed by atoms with Crippen LogP contribution in [0.5, 0.6) is 0 Å². The summed E-state index contributed by atoms with van der Waals surface area (Å²) in [4.78, 5) is 16.6. The van der Waals surface area contributed by atoms with E-state index in [9.17, 15) is 4.79 Å².